The molecule has 0 radical (unpaired) electrons. The predicted octanol–water partition coefficient (Wildman–Crippen LogP) is 4.63. The maximum Gasteiger partial charge on any atom is 0.261 e. The van der Waals surface area contributed by atoms with E-state index in [1.165, 1.54) is 38.2 Å². The molecule has 0 bridgehead atoms. The van der Waals surface area contributed by atoms with Gasteiger partial charge in [0.25, 0.3) is 15.9 Å². The number of fused-ring (bicyclic) bond motifs is 1. The molecule has 1 saturated carbocycles. The molecule has 10 nitrogen and oxygen atoms in total. The summed E-state index contributed by atoms with van der Waals surface area (Å²) in [5, 5.41) is 10.2. The lowest BCUT2D eigenvalue weighted by Crippen LogP contribution is -2.47. The van der Waals surface area contributed by atoms with Gasteiger partial charge in [0, 0.05) is 37.8 Å². The zero-order valence-corrected chi connectivity index (χ0v) is 27.5. The van der Waals surface area contributed by atoms with E-state index in [-0.39, 0.29) is 46.8 Å². The van der Waals surface area contributed by atoms with Crippen LogP contribution in [-0.2, 0) is 14.8 Å². The first-order valence-corrected chi connectivity index (χ1v) is 17.2. The van der Waals surface area contributed by atoms with Crippen molar-refractivity contribution in [1.82, 2.24) is 9.80 Å². The van der Waals surface area contributed by atoms with Crippen LogP contribution in [0, 0.1) is 11.8 Å². The molecule has 1 heterocycles. The summed E-state index contributed by atoms with van der Waals surface area (Å²) in [6.45, 7) is 8.44. The van der Waals surface area contributed by atoms with E-state index in [1.54, 1.807) is 29.2 Å². The number of aliphatic hydroxyl groups is 1. The van der Waals surface area contributed by atoms with Crippen molar-refractivity contribution < 1.29 is 32.5 Å². The van der Waals surface area contributed by atoms with Crippen LogP contribution < -0.4 is 14.2 Å². The Labute approximate surface area is 262 Å². The summed E-state index contributed by atoms with van der Waals surface area (Å²) in [4.78, 5) is 18.3. The second kappa shape index (κ2) is 15.4. The molecule has 1 amide bonds. The Bertz CT molecular complexity index is 1330. The molecule has 1 fully saturated rings. The van der Waals surface area contributed by atoms with Gasteiger partial charge in [-0.1, -0.05) is 6.92 Å². The highest BCUT2D eigenvalue weighted by atomic mass is 32.2. The lowest BCUT2D eigenvalue weighted by molar-refractivity contribution is -0.0172. The quantitative estimate of drug-likeness (QED) is 0.390. The third-order valence-corrected chi connectivity index (χ3v) is 9.83. The molecule has 2 aliphatic rings. The third kappa shape index (κ3) is 9.32. The van der Waals surface area contributed by atoms with E-state index in [0.717, 1.165) is 38.3 Å². The van der Waals surface area contributed by atoms with Gasteiger partial charge in [0.2, 0.25) is 0 Å². The van der Waals surface area contributed by atoms with Gasteiger partial charge in [0.15, 0.2) is 0 Å². The first-order chi connectivity index (χ1) is 21.0. The largest absolute Gasteiger partial charge is 0.497 e. The van der Waals surface area contributed by atoms with Crippen molar-refractivity contribution in [1.29, 1.82) is 0 Å². The molecule has 4 rings (SSSR count). The van der Waals surface area contributed by atoms with Crippen LogP contribution in [0.15, 0.2) is 47.4 Å². The average molecular weight is 632 g/mol. The Kier molecular flexibility index (Phi) is 11.9. The number of likely N-dealkylation sites (N-methyl/N-ethyl adjacent to an activating group) is 1. The molecule has 2 N–H and O–H groups in total. The minimum absolute atomic E-state index is 0.0161. The summed E-state index contributed by atoms with van der Waals surface area (Å²) in [6.07, 6.45) is 4.89. The Morgan fingerprint density at radius 1 is 1.09 bits per heavy atom. The highest BCUT2D eigenvalue weighted by Gasteiger charge is 2.31. The van der Waals surface area contributed by atoms with E-state index in [4.69, 9.17) is 14.2 Å². The molecule has 44 heavy (non-hydrogen) atoms. The monoisotopic (exact) mass is 631 g/mol. The Morgan fingerprint density at radius 2 is 1.82 bits per heavy atom. The van der Waals surface area contributed by atoms with Gasteiger partial charge in [-0.05, 0) is 101 Å². The van der Waals surface area contributed by atoms with Crippen molar-refractivity contribution in [3.63, 3.8) is 0 Å². The Hall–Kier alpha value is -2.86. The summed E-state index contributed by atoms with van der Waals surface area (Å²) >= 11 is 0. The zero-order chi connectivity index (χ0) is 31.9. The lowest BCUT2D eigenvalue weighted by atomic mass is 10.0. The molecule has 1 aliphatic carbocycles. The lowest BCUT2D eigenvalue weighted by Gasteiger charge is -2.36. The number of anilines is 1. The normalized spacial score (nSPS) is 22.9. The van der Waals surface area contributed by atoms with Crippen molar-refractivity contribution in [2.45, 2.75) is 76.0 Å². The standard InChI is InChI=1S/C33H49N3O7S/c1-23-19-36(24(2)22-37)33(38)30-18-27(34-44(39,40)29-14-12-28(41-5)13-15-29)11-16-31(30)43-25(3)8-6-7-17-42-32(23)21-35(4)20-26-9-10-26/h11-16,18,23-26,32,34,37H,6-10,17,19-22H2,1-5H3/t23-,24+,25-,32+/m0/s1. The predicted molar refractivity (Wildman–Crippen MR) is 171 cm³/mol. The number of rotatable bonds is 10. The van der Waals surface area contributed by atoms with Crippen LogP contribution in [0.3, 0.4) is 0 Å². The number of ether oxygens (including phenoxy) is 3. The van der Waals surface area contributed by atoms with Gasteiger partial charge >= 0.3 is 0 Å². The van der Waals surface area contributed by atoms with Crippen molar-refractivity contribution in [2.24, 2.45) is 11.8 Å². The van der Waals surface area contributed by atoms with E-state index in [9.17, 15) is 18.3 Å². The summed E-state index contributed by atoms with van der Waals surface area (Å²) in [6, 6.07) is 10.4. The topological polar surface area (TPSA) is 118 Å². The van der Waals surface area contributed by atoms with Crippen LogP contribution in [-0.4, -0.2) is 94.5 Å². The fourth-order valence-electron chi connectivity index (χ4n) is 5.54. The van der Waals surface area contributed by atoms with E-state index in [2.05, 4.69) is 23.6 Å². The maximum atomic E-state index is 14.3. The van der Waals surface area contributed by atoms with Gasteiger partial charge in [0.05, 0.1) is 42.4 Å². The molecule has 11 heteroatoms. The van der Waals surface area contributed by atoms with Gasteiger partial charge in [-0.3, -0.25) is 9.52 Å². The molecular formula is C33H49N3O7S. The van der Waals surface area contributed by atoms with Crippen LogP contribution in [0.1, 0.15) is 63.2 Å². The molecule has 4 atom stereocenters. The number of carbonyl (C=O) groups is 1. The van der Waals surface area contributed by atoms with Crippen LogP contribution >= 0.6 is 0 Å². The Balaban J connectivity index is 1.65. The van der Waals surface area contributed by atoms with Gasteiger partial charge < -0.3 is 29.1 Å². The van der Waals surface area contributed by atoms with Gasteiger partial charge in [-0.2, -0.15) is 0 Å². The SMILES string of the molecule is COc1ccc(S(=O)(=O)Nc2ccc3c(c2)C(=O)N([C@H](C)CO)C[C@H](C)[C@@H](CN(C)CC2CC2)OCCCC[C@H](C)O3)cc1. The minimum Gasteiger partial charge on any atom is -0.497 e. The number of hydrogen-bond donors (Lipinski definition) is 2. The van der Waals surface area contributed by atoms with Gasteiger partial charge in [0.1, 0.15) is 11.5 Å². The minimum atomic E-state index is -3.94. The molecule has 244 valence electrons. The second-order valence-electron chi connectivity index (χ2n) is 12.5. The fourth-order valence-corrected chi connectivity index (χ4v) is 6.59. The van der Waals surface area contributed by atoms with Crippen LogP contribution in [0.5, 0.6) is 11.5 Å². The summed E-state index contributed by atoms with van der Waals surface area (Å²) in [7, 11) is -0.300. The number of amides is 1. The molecule has 0 saturated heterocycles. The van der Waals surface area contributed by atoms with Crippen LogP contribution in [0.4, 0.5) is 5.69 Å². The number of carbonyl (C=O) groups excluding carboxylic acids is 1. The summed E-state index contributed by atoms with van der Waals surface area (Å²) in [5.74, 6) is 1.33. The zero-order valence-electron chi connectivity index (χ0n) is 26.7. The number of aliphatic hydroxyl groups excluding tert-OH is 1. The second-order valence-corrected chi connectivity index (χ2v) is 14.1. The molecular weight excluding hydrogens is 582 g/mol. The number of nitrogens with one attached hydrogen (secondary N) is 1. The van der Waals surface area contributed by atoms with Crippen molar-refractivity contribution >= 4 is 21.6 Å². The van der Waals surface area contributed by atoms with Gasteiger partial charge in [-0.25, -0.2) is 8.42 Å². The van der Waals surface area contributed by atoms with Crippen LogP contribution in [0.2, 0.25) is 0 Å². The number of nitrogens with zero attached hydrogens (tertiary/aromatic N) is 2. The highest BCUT2D eigenvalue weighted by molar-refractivity contribution is 7.92. The van der Waals surface area contributed by atoms with E-state index in [1.807, 2.05) is 13.8 Å². The number of hydrogen-bond acceptors (Lipinski definition) is 8. The van der Waals surface area contributed by atoms with Crippen molar-refractivity contribution in [3.8, 4) is 11.5 Å². The molecule has 0 spiro atoms. The smallest absolute Gasteiger partial charge is 0.261 e. The molecule has 2 aromatic rings. The fraction of sp³-hybridized carbons (Fsp3) is 0.606. The molecule has 2 aromatic carbocycles. The molecule has 1 aliphatic heterocycles. The van der Waals surface area contributed by atoms with Crippen molar-refractivity contribution in [2.75, 3.05) is 51.7 Å². The first kappa shape index (κ1) is 34.0. The van der Waals surface area contributed by atoms with Crippen molar-refractivity contribution in [3.05, 3.63) is 48.0 Å². The van der Waals surface area contributed by atoms with E-state index < -0.39 is 16.1 Å². The summed E-state index contributed by atoms with van der Waals surface area (Å²) in [5.41, 5.74) is 0.470. The third-order valence-electron chi connectivity index (χ3n) is 8.43. The average Bonchev–Trinajstić information content (AvgIpc) is 3.82. The maximum absolute atomic E-state index is 14.3. The molecule has 0 unspecified atom stereocenters. The van der Waals surface area contributed by atoms with E-state index >= 15 is 0 Å². The molecule has 0 aromatic heterocycles. The summed E-state index contributed by atoms with van der Waals surface area (Å²) < 4.78 is 46.9. The number of sulfonamides is 1. The van der Waals surface area contributed by atoms with E-state index in [0.29, 0.717) is 24.7 Å². The number of benzene rings is 2. The van der Waals surface area contributed by atoms with Gasteiger partial charge in [-0.15, -0.1) is 0 Å². The number of methoxy groups -OCH3 is 1. The first-order valence-electron chi connectivity index (χ1n) is 15.7. The van der Waals surface area contributed by atoms with Crippen LogP contribution in [0.25, 0.3) is 0 Å². The highest BCUT2D eigenvalue weighted by Crippen LogP contribution is 2.31. The Morgan fingerprint density at radius 3 is 2.48 bits per heavy atom.